The number of nitrogens with zero attached hydrogens (tertiary/aromatic N) is 5. The highest BCUT2D eigenvalue weighted by molar-refractivity contribution is 6.30. The van der Waals surface area contributed by atoms with Gasteiger partial charge in [0, 0.05) is 23.2 Å². The maximum Gasteiger partial charge on any atom is 0.246 e. The summed E-state index contributed by atoms with van der Waals surface area (Å²) in [4.78, 5) is 15.4. The number of rotatable bonds is 5. The molecule has 110 valence electrons. The molecule has 1 heterocycles. The number of aromatic nitrogens is 4. The normalized spacial score (nSPS) is 14.2. The largest absolute Gasteiger partial charge is 0.338 e. The van der Waals surface area contributed by atoms with Gasteiger partial charge in [0.1, 0.15) is 6.54 Å². The smallest absolute Gasteiger partial charge is 0.246 e. The fourth-order valence-corrected chi connectivity index (χ4v) is 2.48. The fourth-order valence-electron chi connectivity index (χ4n) is 2.29. The molecular formula is C14H16ClN5O. The van der Waals surface area contributed by atoms with Gasteiger partial charge < -0.3 is 4.90 Å². The number of carbonyl (C=O) groups is 1. The Bertz CT molecular complexity index is 652. The zero-order valence-electron chi connectivity index (χ0n) is 11.7. The van der Waals surface area contributed by atoms with Crippen molar-refractivity contribution in [3.63, 3.8) is 0 Å². The van der Waals surface area contributed by atoms with E-state index < -0.39 is 0 Å². The second-order valence-electron chi connectivity index (χ2n) is 5.06. The highest BCUT2D eigenvalue weighted by Gasteiger charge is 2.31. The standard InChI is InChI=1S/C14H16ClN5O/c1-2-19(12-6-7-12)13(21)9-20-17-14(16-18-20)10-4-3-5-11(15)8-10/h3-5,8,12H,2,6-7,9H2,1H3. The molecule has 0 aliphatic heterocycles. The van der Waals surface area contributed by atoms with Crippen LogP contribution in [0.1, 0.15) is 19.8 Å². The predicted octanol–water partition coefficient (Wildman–Crippen LogP) is 2.00. The lowest BCUT2D eigenvalue weighted by atomic mass is 10.2. The summed E-state index contributed by atoms with van der Waals surface area (Å²) in [6, 6.07) is 7.65. The fraction of sp³-hybridized carbons (Fsp3) is 0.429. The number of halogens is 1. The van der Waals surface area contributed by atoms with Gasteiger partial charge in [0.2, 0.25) is 11.7 Å². The quantitative estimate of drug-likeness (QED) is 0.847. The van der Waals surface area contributed by atoms with Crippen LogP contribution in [0.15, 0.2) is 24.3 Å². The van der Waals surface area contributed by atoms with Gasteiger partial charge in [0.15, 0.2) is 0 Å². The highest BCUT2D eigenvalue weighted by atomic mass is 35.5. The summed E-state index contributed by atoms with van der Waals surface area (Å²) in [5, 5.41) is 12.8. The zero-order valence-corrected chi connectivity index (χ0v) is 12.5. The molecule has 1 aromatic heterocycles. The Kier molecular flexibility index (Phi) is 3.88. The van der Waals surface area contributed by atoms with E-state index in [2.05, 4.69) is 15.4 Å². The van der Waals surface area contributed by atoms with Crippen molar-refractivity contribution in [3.05, 3.63) is 29.3 Å². The molecular weight excluding hydrogens is 290 g/mol. The lowest BCUT2D eigenvalue weighted by Gasteiger charge is -2.19. The van der Waals surface area contributed by atoms with Crippen LogP contribution in [-0.4, -0.2) is 43.6 Å². The van der Waals surface area contributed by atoms with Crippen LogP contribution in [0.4, 0.5) is 0 Å². The van der Waals surface area contributed by atoms with Crippen molar-refractivity contribution in [2.75, 3.05) is 6.54 Å². The Morgan fingerprint density at radius 3 is 2.95 bits per heavy atom. The summed E-state index contributed by atoms with van der Waals surface area (Å²) in [5.74, 6) is 0.509. The maximum absolute atomic E-state index is 12.2. The van der Waals surface area contributed by atoms with Gasteiger partial charge in [0.05, 0.1) is 0 Å². The highest BCUT2D eigenvalue weighted by Crippen LogP contribution is 2.26. The molecule has 1 saturated carbocycles. The van der Waals surface area contributed by atoms with Crippen LogP contribution in [0, 0.1) is 0 Å². The molecule has 0 radical (unpaired) electrons. The number of carbonyl (C=O) groups excluding carboxylic acids is 1. The molecule has 6 nitrogen and oxygen atoms in total. The van der Waals surface area contributed by atoms with E-state index in [1.807, 2.05) is 24.0 Å². The van der Waals surface area contributed by atoms with Crippen LogP contribution in [0.5, 0.6) is 0 Å². The third-order valence-corrected chi connectivity index (χ3v) is 3.70. The molecule has 2 aromatic rings. The number of benzene rings is 1. The average molecular weight is 306 g/mol. The first-order chi connectivity index (χ1) is 10.2. The van der Waals surface area contributed by atoms with E-state index in [4.69, 9.17) is 11.6 Å². The maximum atomic E-state index is 12.2. The van der Waals surface area contributed by atoms with E-state index >= 15 is 0 Å². The number of amides is 1. The second kappa shape index (κ2) is 5.81. The van der Waals surface area contributed by atoms with Gasteiger partial charge in [-0.3, -0.25) is 4.79 Å². The Labute approximate surface area is 127 Å². The molecule has 3 rings (SSSR count). The summed E-state index contributed by atoms with van der Waals surface area (Å²) in [7, 11) is 0. The summed E-state index contributed by atoms with van der Waals surface area (Å²) < 4.78 is 0. The van der Waals surface area contributed by atoms with Crippen molar-refractivity contribution in [1.29, 1.82) is 0 Å². The van der Waals surface area contributed by atoms with Crippen molar-refractivity contribution < 1.29 is 4.79 Å². The number of hydrogen-bond acceptors (Lipinski definition) is 4. The minimum atomic E-state index is 0.0371. The van der Waals surface area contributed by atoms with Gasteiger partial charge >= 0.3 is 0 Å². The van der Waals surface area contributed by atoms with Crippen molar-refractivity contribution in [1.82, 2.24) is 25.1 Å². The number of tetrazole rings is 1. The molecule has 1 amide bonds. The lowest BCUT2D eigenvalue weighted by molar-refractivity contribution is -0.132. The minimum Gasteiger partial charge on any atom is -0.338 e. The van der Waals surface area contributed by atoms with E-state index in [0.717, 1.165) is 24.9 Å². The molecule has 1 aliphatic carbocycles. The Morgan fingerprint density at radius 2 is 2.29 bits per heavy atom. The summed E-state index contributed by atoms with van der Waals surface area (Å²) in [5.41, 5.74) is 0.788. The topological polar surface area (TPSA) is 63.9 Å². The van der Waals surface area contributed by atoms with Gasteiger partial charge in [-0.2, -0.15) is 4.80 Å². The molecule has 1 fully saturated rings. The van der Waals surface area contributed by atoms with E-state index in [0.29, 0.717) is 16.9 Å². The Hall–Kier alpha value is -1.95. The zero-order chi connectivity index (χ0) is 14.8. The van der Waals surface area contributed by atoms with Crippen molar-refractivity contribution >= 4 is 17.5 Å². The third-order valence-electron chi connectivity index (χ3n) is 3.46. The van der Waals surface area contributed by atoms with Crippen LogP contribution in [0.25, 0.3) is 11.4 Å². The molecule has 0 bridgehead atoms. The summed E-state index contributed by atoms with van der Waals surface area (Å²) in [6.45, 7) is 2.83. The molecule has 0 N–H and O–H groups in total. The Balaban J connectivity index is 1.71. The molecule has 0 unspecified atom stereocenters. The molecule has 7 heteroatoms. The molecule has 1 aliphatic rings. The van der Waals surface area contributed by atoms with E-state index in [-0.39, 0.29) is 12.5 Å². The molecule has 0 saturated heterocycles. The minimum absolute atomic E-state index is 0.0371. The van der Waals surface area contributed by atoms with Crippen LogP contribution in [0.3, 0.4) is 0 Å². The van der Waals surface area contributed by atoms with E-state index in [9.17, 15) is 4.79 Å². The van der Waals surface area contributed by atoms with Gasteiger partial charge in [-0.05, 0) is 37.1 Å². The average Bonchev–Trinajstić information content (AvgIpc) is 3.18. The summed E-state index contributed by atoms with van der Waals surface area (Å²) in [6.07, 6.45) is 2.19. The van der Waals surface area contributed by atoms with Gasteiger partial charge in [-0.15, -0.1) is 10.2 Å². The van der Waals surface area contributed by atoms with Crippen molar-refractivity contribution in [2.24, 2.45) is 0 Å². The predicted molar refractivity (Wildman–Crippen MR) is 78.7 cm³/mol. The molecule has 0 spiro atoms. The van der Waals surface area contributed by atoms with E-state index in [1.54, 1.807) is 12.1 Å². The SMILES string of the molecule is CCN(C(=O)Cn1nnc(-c2cccc(Cl)c2)n1)C1CC1. The summed E-state index contributed by atoms with van der Waals surface area (Å²) >= 11 is 5.94. The second-order valence-corrected chi connectivity index (χ2v) is 5.50. The van der Waals surface area contributed by atoms with Gasteiger partial charge in [-0.25, -0.2) is 0 Å². The first-order valence-electron chi connectivity index (χ1n) is 7.00. The third kappa shape index (κ3) is 3.21. The number of likely N-dealkylation sites (N-methyl/N-ethyl adjacent to an activating group) is 1. The first-order valence-corrected chi connectivity index (χ1v) is 7.38. The number of hydrogen-bond donors (Lipinski definition) is 0. The lowest BCUT2D eigenvalue weighted by Crippen LogP contribution is -2.36. The van der Waals surface area contributed by atoms with Crippen LogP contribution >= 0.6 is 11.6 Å². The monoisotopic (exact) mass is 305 g/mol. The van der Waals surface area contributed by atoms with Gasteiger partial charge in [-0.1, -0.05) is 23.7 Å². The van der Waals surface area contributed by atoms with Crippen LogP contribution in [0.2, 0.25) is 5.02 Å². The van der Waals surface area contributed by atoms with Crippen LogP contribution in [-0.2, 0) is 11.3 Å². The Morgan fingerprint density at radius 1 is 1.48 bits per heavy atom. The van der Waals surface area contributed by atoms with Crippen molar-refractivity contribution in [3.8, 4) is 11.4 Å². The first kappa shape index (κ1) is 14.0. The molecule has 21 heavy (non-hydrogen) atoms. The van der Waals surface area contributed by atoms with Crippen LogP contribution < -0.4 is 0 Å². The van der Waals surface area contributed by atoms with Gasteiger partial charge in [0.25, 0.3) is 0 Å². The van der Waals surface area contributed by atoms with E-state index in [1.165, 1.54) is 4.80 Å². The van der Waals surface area contributed by atoms with Crippen molar-refractivity contribution in [2.45, 2.75) is 32.4 Å². The molecule has 0 atom stereocenters. The molecule has 1 aromatic carbocycles.